The molecule has 0 saturated heterocycles. The molecule has 3 N–H and O–H groups in total. The molecule has 0 spiro atoms. The van der Waals surface area contributed by atoms with E-state index in [0.29, 0.717) is 17.1 Å². The summed E-state index contributed by atoms with van der Waals surface area (Å²) in [6.07, 6.45) is 5.19. The molecule has 0 aliphatic heterocycles. The molecule has 1 amide bonds. The minimum atomic E-state index is -0.174. The van der Waals surface area contributed by atoms with Crippen LogP contribution in [0.4, 0.5) is 5.69 Å². The maximum atomic E-state index is 12.3. The molecule has 3 aromatic rings. The molecule has 5 nitrogen and oxygen atoms in total. The second kappa shape index (κ2) is 5.49. The zero-order valence-electron chi connectivity index (χ0n) is 11.5. The van der Waals surface area contributed by atoms with E-state index in [4.69, 9.17) is 5.73 Å². The van der Waals surface area contributed by atoms with Crippen molar-refractivity contribution in [1.82, 2.24) is 15.3 Å². The lowest BCUT2D eigenvalue weighted by atomic mass is 10.1. The minimum absolute atomic E-state index is 0.174. The van der Waals surface area contributed by atoms with Gasteiger partial charge in [-0.05, 0) is 36.2 Å². The second-order valence-corrected chi connectivity index (χ2v) is 5.68. The van der Waals surface area contributed by atoms with Crippen LogP contribution >= 0.6 is 11.3 Å². The first-order chi connectivity index (χ1) is 10.2. The van der Waals surface area contributed by atoms with Crippen molar-refractivity contribution in [2.45, 2.75) is 13.5 Å². The Kier molecular flexibility index (Phi) is 3.53. The van der Waals surface area contributed by atoms with Gasteiger partial charge in [-0.1, -0.05) is 0 Å². The first-order valence-electron chi connectivity index (χ1n) is 6.47. The normalized spacial score (nSPS) is 10.7. The number of carbonyl (C=O) groups is 1. The number of anilines is 1. The van der Waals surface area contributed by atoms with E-state index in [-0.39, 0.29) is 5.91 Å². The molecule has 0 bridgehead atoms. The van der Waals surface area contributed by atoms with Gasteiger partial charge in [0.05, 0.1) is 5.69 Å². The van der Waals surface area contributed by atoms with Gasteiger partial charge in [0.2, 0.25) is 0 Å². The number of hydrogen-bond donors (Lipinski definition) is 2. The summed E-state index contributed by atoms with van der Waals surface area (Å²) in [4.78, 5) is 21.8. The van der Waals surface area contributed by atoms with Crippen LogP contribution in [-0.4, -0.2) is 15.9 Å². The fourth-order valence-electron chi connectivity index (χ4n) is 2.08. The third-order valence-corrected chi connectivity index (χ3v) is 4.41. The largest absolute Gasteiger partial charge is 0.397 e. The predicted molar refractivity (Wildman–Crippen MR) is 84.2 cm³/mol. The third kappa shape index (κ3) is 2.57. The molecule has 21 heavy (non-hydrogen) atoms. The van der Waals surface area contributed by atoms with Crippen LogP contribution in [0, 0.1) is 6.92 Å². The van der Waals surface area contributed by atoms with E-state index < -0.39 is 0 Å². The van der Waals surface area contributed by atoms with Gasteiger partial charge >= 0.3 is 0 Å². The third-order valence-electron chi connectivity index (χ3n) is 3.29. The Balaban J connectivity index is 1.81. The van der Waals surface area contributed by atoms with Gasteiger partial charge in [-0.15, -0.1) is 11.3 Å². The molecule has 106 valence electrons. The van der Waals surface area contributed by atoms with Crippen molar-refractivity contribution in [2.75, 3.05) is 5.73 Å². The summed E-state index contributed by atoms with van der Waals surface area (Å²) < 4.78 is 0. The van der Waals surface area contributed by atoms with Crippen LogP contribution in [0.3, 0.4) is 0 Å². The molecule has 3 aromatic heterocycles. The van der Waals surface area contributed by atoms with Crippen LogP contribution in [0.15, 0.2) is 36.8 Å². The SMILES string of the molecule is Cc1cnccc1CNC(=O)c1sc2ncccc2c1N. The minimum Gasteiger partial charge on any atom is -0.397 e. The van der Waals surface area contributed by atoms with Crippen LogP contribution in [0.5, 0.6) is 0 Å². The number of aryl methyl sites for hydroxylation is 1. The van der Waals surface area contributed by atoms with Crippen molar-refractivity contribution in [2.24, 2.45) is 0 Å². The van der Waals surface area contributed by atoms with E-state index in [9.17, 15) is 4.79 Å². The zero-order chi connectivity index (χ0) is 14.8. The molecule has 0 aliphatic carbocycles. The lowest BCUT2D eigenvalue weighted by Crippen LogP contribution is -2.23. The number of amides is 1. The summed E-state index contributed by atoms with van der Waals surface area (Å²) in [6.45, 7) is 2.42. The Morgan fingerprint density at radius 3 is 3.00 bits per heavy atom. The second-order valence-electron chi connectivity index (χ2n) is 4.69. The van der Waals surface area contributed by atoms with Crippen molar-refractivity contribution in [3.8, 4) is 0 Å². The fraction of sp³-hybridized carbons (Fsp3) is 0.133. The molecular weight excluding hydrogens is 284 g/mol. The van der Waals surface area contributed by atoms with Gasteiger partial charge in [-0.25, -0.2) is 4.98 Å². The van der Waals surface area contributed by atoms with Gasteiger partial charge in [0.1, 0.15) is 9.71 Å². The summed E-state index contributed by atoms with van der Waals surface area (Å²) in [5.41, 5.74) is 8.61. The van der Waals surface area contributed by atoms with Gasteiger partial charge in [-0.3, -0.25) is 9.78 Å². The Morgan fingerprint density at radius 2 is 2.24 bits per heavy atom. The van der Waals surface area contributed by atoms with Crippen LogP contribution in [0.1, 0.15) is 20.8 Å². The van der Waals surface area contributed by atoms with E-state index >= 15 is 0 Å². The van der Waals surface area contributed by atoms with E-state index in [2.05, 4.69) is 15.3 Å². The van der Waals surface area contributed by atoms with Crippen molar-refractivity contribution in [1.29, 1.82) is 0 Å². The number of thiophene rings is 1. The molecule has 0 unspecified atom stereocenters. The number of nitrogen functional groups attached to an aromatic ring is 1. The molecule has 6 heteroatoms. The molecular formula is C15H14N4OS. The Bertz CT molecular complexity index is 812. The topological polar surface area (TPSA) is 80.9 Å². The number of nitrogens with one attached hydrogen (secondary N) is 1. The van der Waals surface area contributed by atoms with Gasteiger partial charge in [0.25, 0.3) is 5.91 Å². The van der Waals surface area contributed by atoms with Crippen LogP contribution < -0.4 is 11.1 Å². The lowest BCUT2D eigenvalue weighted by molar-refractivity contribution is 0.0956. The first-order valence-corrected chi connectivity index (χ1v) is 7.29. The van der Waals surface area contributed by atoms with Crippen LogP contribution in [-0.2, 0) is 6.54 Å². The number of nitrogens with zero attached hydrogens (tertiary/aromatic N) is 2. The van der Waals surface area contributed by atoms with E-state index in [0.717, 1.165) is 21.3 Å². The number of aromatic nitrogens is 2. The van der Waals surface area contributed by atoms with E-state index in [1.165, 1.54) is 11.3 Å². The average molecular weight is 298 g/mol. The van der Waals surface area contributed by atoms with E-state index in [1.54, 1.807) is 18.6 Å². The van der Waals surface area contributed by atoms with Crippen molar-refractivity contribution >= 4 is 33.1 Å². The molecule has 3 heterocycles. The Labute approximate surface area is 125 Å². The van der Waals surface area contributed by atoms with Crippen molar-refractivity contribution in [3.63, 3.8) is 0 Å². The van der Waals surface area contributed by atoms with Gasteiger partial charge < -0.3 is 11.1 Å². The monoisotopic (exact) mass is 298 g/mol. The fourth-order valence-corrected chi connectivity index (χ4v) is 3.06. The summed E-state index contributed by atoms with van der Waals surface area (Å²) in [5, 5.41) is 3.72. The van der Waals surface area contributed by atoms with Gasteiger partial charge in [0.15, 0.2) is 0 Å². The summed E-state index contributed by atoms with van der Waals surface area (Å²) >= 11 is 1.31. The number of nitrogens with two attached hydrogens (primary N) is 1. The van der Waals surface area contributed by atoms with Gasteiger partial charge in [0, 0.05) is 30.5 Å². The highest BCUT2D eigenvalue weighted by atomic mass is 32.1. The number of carbonyl (C=O) groups excluding carboxylic acids is 1. The van der Waals surface area contributed by atoms with Gasteiger partial charge in [-0.2, -0.15) is 0 Å². The molecule has 0 radical (unpaired) electrons. The standard InChI is InChI=1S/C15H14N4OS/c1-9-7-17-6-4-10(9)8-19-14(20)13-12(16)11-3-2-5-18-15(11)21-13/h2-7H,8,16H2,1H3,(H,19,20). The number of pyridine rings is 2. The molecule has 3 rings (SSSR count). The summed E-state index contributed by atoms with van der Waals surface area (Å²) in [7, 11) is 0. The van der Waals surface area contributed by atoms with E-state index in [1.807, 2.05) is 25.1 Å². The number of rotatable bonds is 3. The zero-order valence-corrected chi connectivity index (χ0v) is 12.3. The maximum Gasteiger partial charge on any atom is 0.263 e. The van der Waals surface area contributed by atoms with Crippen molar-refractivity contribution < 1.29 is 4.79 Å². The smallest absolute Gasteiger partial charge is 0.263 e. The molecule has 0 aromatic carbocycles. The first kappa shape index (κ1) is 13.5. The molecule has 0 saturated carbocycles. The maximum absolute atomic E-state index is 12.3. The predicted octanol–water partition coefficient (Wildman–Crippen LogP) is 2.51. The Morgan fingerprint density at radius 1 is 1.38 bits per heavy atom. The van der Waals surface area contributed by atoms with Crippen LogP contribution in [0.2, 0.25) is 0 Å². The highest BCUT2D eigenvalue weighted by Gasteiger charge is 2.16. The highest BCUT2D eigenvalue weighted by molar-refractivity contribution is 7.21. The van der Waals surface area contributed by atoms with Crippen molar-refractivity contribution in [3.05, 3.63) is 52.8 Å². The summed E-state index contributed by atoms with van der Waals surface area (Å²) in [5.74, 6) is -0.174. The summed E-state index contributed by atoms with van der Waals surface area (Å²) in [6, 6.07) is 5.58. The average Bonchev–Trinajstić information content (AvgIpc) is 2.84. The Hall–Kier alpha value is -2.47. The number of fused-ring (bicyclic) bond motifs is 1. The quantitative estimate of drug-likeness (QED) is 0.778. The lowest BCUT2D eigenvalue weighted by Gasteiger charge is -2.06. The molecule has 0 fully saturated rings. The number of hydrogen-bond acceptors (Lipinski definition) is 5. The molecule has 0 atom stereocenters. The van der Waals surface area contributed by atoms with Crippen LogP contribution in [0.25, 0.3) is 10.2 Å². The highest BCUT2D eigenvalue weighted by Crippen LogP contribution is 2.31. The molecule has 0 aliphatic rings.